The Kier molecular flexibility index (Phi) is 3.77. The van der Waals surface area contributed by atoms with Gasteiger partial charge in [0.2, 0.25) is 0 Å². The lowest BCUT2D eigenvalue weighted by Crippen LogP contribution is -2.55. The number of rotatable bonds is 2. The van der Waals surface area contributed by atoms with E-state index in [1.807, 2.05) is 6.92 Å². The first-order valence-corrected chi connectivity index (χ1v) is 10.9. The molecule has 1 saturated heterocycles. The molecule has 0 radical (unpaired) electrons. The van der Waals surface area contributed by atoms with E-state index in [1.165, 1.54) is 18.9 Å². The van der Waals surface area contributed by atoms with Crippen LogP contribution in [0.15, 0.2) is 11.6 Å². The van der Waals surface area contributed by atoms with Crippen molar-refractivity contribution >= 4 is 5.97 Å². The highest BCUT2D eigenvalue weighted by atomic mass is 16.6. The quantitative estimate of drug-likeness (QED) is 0.451. The van der Waals surface area contributed by atoms with Crippen LogP contribution < -0.4 is 0 Å². The Morgan fingerprint density at radius 3 is 2.78 bits per heavy atom. The van der Waals surface area contributed by atoms with Crippen molar-refractivity contribution in [3.63, 3.8) is 0 Å². The Bertz CT molecular complexity index is 698. The van der Waals surface area contributed by atoms with E-state index >= 15 is 0 Å². The standard InChI is InChI=1S/C23H34O4/c1-13(24)23-20(27-23)12-19-17-6-5-15-11-16(26-14(2)25)7-9-21(15,3)18(17)8-10-22(19,23)4/h5,13,16-20,24H,6-12H2,1-4H3/t13?,16-,17+,18-,19?,20+,21-,22-,23+/m0/s1. The number of aliphatic hydroxyl groups is 1. The van der Waals surface area contributed by atoms with Crippen molar-refractivity contribution in [3.05, 3.63) is 11.6 Å². The Morgan fingerprint density at radius 1 is 1.30 bits per heavy atom. The molecule has 4 nitrogen and oxygen atoms in total. The van der Waals surface area contributed by atoms with Crippen LogP contribution in [0.25, 0.3) is 0 Å². The van der Waals surface area contributed by atoms with Crippen LogP contribution in [0, 0.1) is 28.6 Å². The Morgan fingerprint density at radius 2 is 2.07 bits per heavy atom. The number of esters is 1. The Labute approximate surface area is 162 Å². The van der Waals surface area contributed by atoms with E-state index in [2.05, 4.69) is 19.9 Å². The Hall–Kier alpha value is -0.870. The van der Waals surface area contributed by atoms with Gasteiger partial charge < -0.3 is 14.6 Å². The average Bonchev–Trinajstić information content (AvgIpc) is 3.27. The molecule has 4 aliphatic carbocycles. The predicted molar refractivity (Wildman–Crippen MR) is 102 cm³/mol. The summed E-state index contributed by atoms with van der Waals surface area (Å²) in [6, 6.07) is 0. The fourth-order valence-electron chi connectivity index (χ4n) is 8.21. The monoisotopic (exact) mass is 374 g/mol. The number of hydrogen-bond donors (Lipinski definition) is 1. The molecule has 9 atom stereocenters. The first-order valence-electron chi connectivity index (χ1n) is 10.9. The highest BCUT2D eigenvalue weighted by Gasteiger charge is 2.78. The van der Waals surface area contributed by atoms with Gasteiger partial charge in [-0.15, -0.1) is 0 Å². The molecule has 0 aromatic rings. The number of hydrogen-bond acceptors (Lipinski definition) is 4. The molecule has 150 valence electrons. The second-order valence-corrected chi connectivity index (χ2v) is 10.5. The van der Waals surface area contributed by atoms with Gasteiger partial charge in [-0.25, -0.2) is 0 Å². The summed E-state index contributed by atoms with van der Waals surface area (Å²) in [5, 5.41) is 10.5. The maximum atomic E-state index is 11.4. The van der Waals surface area contributed by atoms with Crippen molar-refractivity contribution in [3.8, 4) is 0 Å². The summed E-state index contributed by atoms with van der Waals surface area (Å²) in [7, 11) is 0. The number of fused-ring (bicyclic) bond motifs is 7. The minimum absolute atomic E-state index is 0.0678. The van der Waals surface area contributed by atoms with Crippen LogP contribution in [-0.4, -0.2) is 35.0 Å². The van der Waals surface area contributed by atoms with Crippen LogP contribution >= 0.6 is 0 Å². The zero-order valence-corrected chi connectivity index (χ0v) is 17.2. The van der Waals surface area contributed by atoms with Crippen molar-refractivity contribution in [1.82, 2.24) is 0 Å². The van der Waals surface area contributed by atoms with Crippen LogP contribution in [0.1, 0.15) is 72.6 Å². The lowest BCUT2D eigenvalue weighted by atomic mass is 9.47. The van der Waals surface area contributed by atoms with E-state index in [9.17, 15) is 9.90 Å². The van der Waals surface area contributed by atoms with E-state index in [0.29, 0.717) is 11.8 Å². The predicted octanol–water partition coefficient (Wildman–Crippen LogP) is 4.01. The smallest absolute Gasteiger partial charge is 0.302 e. The summed E-state index contributed by atoms with van der Waals surface area (Å²) in [4.78, 5) is 11.4. The molecule has 1 aliphatic heterocycles. The van der Waals surface area contributed by atoms with Crippen molar-refractivity contribution in [2.45, 2.75) is 96.6 Å². The molecule has 2 unspecified atom stereocenters. The lowest BCUT2D eigenvalue weighted by molar-refractivity contribution is -0.149. The maximum absolute atomic E-state index is 11.4. The third kappa shape index (κ3) is 2.20. The van der Waals surface area contributed by atoms with Crippen LogP contribution in [0.3, 0.4) is 0 Å². The second kappa shape index (κ2) is 5.60. The fraction of sp³-hybridized carbons (Fsp3) is 0.870. The van der Waals surface area contributed by atoms with Gasteiger partial charge in [-0.05, 0) is 68.6 Å². The summed E-state index contributed by atoms with van der Waals surface area (Å²) in [5.74, 6) is 1.93. The minimum Gasteiger partial charge on any atom is -0.462 e. The lowest BCUT2D eigenvalue weighted by Gasteiger charge is -2.58. The number of carbonyl (C=O) groups excluding carboxylic acids is 1. The van der Waals surface area contributed by atoms with Gasteiger partial charge >= 0.3 is 5.97 Å². The van der Waals surface area contributed by atoms with E-state index in [-0.39, 0.29) is 40.7 Å². The maximum Gasteiger partial charge on any atom is 0.302 e. The van der Waals surface area contributed by atoms with Gasteiger partial charge in [-0.2, -0.15) is 0 Å². The van der Waals surface area contributed by atoms with Crippen molar-refractivity contribution in [1.29, 1.82) is 0 Å². The normalized spacial score (nSPS) is 54.0. The van der Waals surface area contributed by atoms with Crippen molar-refractivity contribution < 1.29 is 19.4 Å². The van der Waals surface area contributed by atoms with Crippen LogP contribution in [0.4, 0.5) is 0 Å². The SMILES string of the molecule is CC(=O)O[C@H]1CC[C@@]2(C)C(=CC[C@H]3C4C[C@H]5O[C@@]5(C(C)O)[C@@]4(C)CC[C@@H]32)C1. The van der Waals surface area contributed by atoms with Gasteiger partial charge in [-0.1, -0.05) is 25.5 Å². The zero-order chi connectivity index (χ0) is 19.2. The molecule has 27 heavy (non-hydrogen) atoms. The molecule has 0 spiro atoms. The van der Waals surface area contributed by atoms with Gasteiger partial charge in [0.1, 0.15) is 11.7 Å². The van der Waals surface area contributed by atoms with Gasteiger partial charge in [-0.3, -0.25) is 4.79 Å². The molecule has 1 heterocycles. The van der Waals surface area contributed by atoms with E-state index in [0.717, 1.165) is 44.4 Å². The first kappa shape index (κ1) is 18.2. The highest BCUT2D eigenvalue weighted by Crippen LogP contribution is 2.73. The number of ether oxygens (including phenoxy) is 2. The molecule has 0 aromatic heterocycles. The third-order valence-corrected chi connectivity index (χ3v) is 9.52. The molecular weight excluding hydrogens is 340 g/mol. The van der Waals surface area contributed by atoms with Gasteiger partial charge in [0, 0.05) is 18.8 Å². The van der Waals surface area contributed by atoms with Crippen LogP contribution in [0.5, 0.6) is 0 Å². The highest BCUT2D eigenvalue weighted by molar-refractivity contribution is 5.66. The summed E-state index contributed by atoms with van der Waals surface area (Å²) in [6.45, 7) is 8.31. The minimum atomic E-state index is -0.376. The first-order chi connectivity index (χ1) is 12.7. The molecular formula is C23H34O4. The van der Waals surface area contributed by atoms with E-state index in [4.69, 9.17) is 9.47 Å². The van der Waals surface area contributed by atoms with Crippen LogP contribution in [-0.2, 0) is 14.3 Å². The Balaban J connectivity index is 1.42. The van der Waals surface area contributed by atoms with Gasteiger partial charge in [0.05, 0.1) is 12.2 Å². The number of aliphatic hydroxyl groups excluding tert-OH is 1. The van der Waals surface area contributed by atoms with Crippen molar-refractivity contribution in [2.24, 2.45) is 28.6 Å². The molecule has 3 saturated carbocycles. The molecule has 0 aromatic carbocycles. The van der Waals surface area contributed by atoms with E-state index < -0.39 is 0 Å². The van der Waals surface area contributed by atoms with Gasteiger partial charge in [0.25, 0.3) is 0 Å². The molecule has 0 bridgehead atoms. The molecule has 5 aliphatic rings. The van der Waals surface area contributed by atoms with Gasteiger partial charge in [0.15, 0.2) is 0 Å². The molecule has 0 amide bonds. The second-order valence-electron chi connectivity index (χ2n) is 10.5. The fourth-order valence-corrected chi connectivity index (χ4v) is 8.21. The third-order valence-electron chi connectivity index (χ3n) is 9.52. The summed E-state index contributed by atoms with van der Waals surface area (Å²) >= 11 is 0. The number of epoxide rings is 1. The van der Waals surface area contributed by atoms with E-state index in [1.54, 1.807) is 0 Å². The molecule has 1 N–H and O–H groups in total. The summed E-state index contributed by atoms with van der Waals surface area (Å²) in [6.07, 6.45) is 10.1. The number of allylic oxidation sites excluding steroid dienone is 1. The molecule has 5 rings (SSSR count). The summed E-state index contributed by atoms with van der Waals surface area (Å²) in [5.41, 5.74) is 1.63. The number of carbonyl (C=O) groups is 1. The summed E-state index contributed by atoms with van der Waals surface area (Å²) < 4.78 is 11.7. The largest absolute Gasteiger partial charge is 0.462 e. The van der Waals surface area contributed by atoms with Crippen molar-refractivity contribution in [2.75, 3.05) is 0 Å². The molecule has 4 heteroatoms. The average molecular weight is 375 g/mol. The van der Waals surface area contributed by atoms with Crippen LogP contribution in [0.2, 0.25) is 0 Å². The molecule has 4 fully saturated rings. The zero-order valence-electron chi connectivity index (χ0n) is 17.2. The topological polar surface area (TPSA) is 59.1 Å².